The number of aliphatic hydroxyl groups is 1. The summed E-state index contributed by atoms with van der Waals surface area (Å²) in [5.74, 6) is -1.38. The standard InChI is InChI=1S/C8H14O3.K/c9-7(8(10)11)6-4-2-1-3-5-6;/h6-7,9H,1-5H2,(H,10,11);/q;+1/p-1/t7-;/m0./s1. The second kappa shape index (κ2) is 6.51. The normalized spacial score (nSPS) is 21.1. The Balaban J connectivity index is 0.00000121. The first-order valence-corrected chi connectivity index (χ1v) is 4.10. The van der Waals surface area contributed by atoms with E-state index < -0.39 is 12.1 Å². The smallest absolute Gasteiger partial charge is 0.547 e. The van der Waals surface area contributed by atoms with E-state index in [0.29, 0.717) is 0 Å². The Morgan fingerprint density at radius 3 is 2.25 bits per heavy atom. The molecule has 0 radical (unpaired) electrons. The summed E-state index contributed by atoms with van der Waals surface area (Å²) in [6, 6.07) is 0. The van der Waals surface area contributed by atoms with Crippen LogP contribution in [0.3, 0.4) is 0 Å². The van der Waals surface area contributed by atoms with Gasteiger partial charge in [0.2, 0.25) is 0 Å². The van der Waals surface area contributed by atoms with Crippen molar-refractivity contribution in [3.05, 3.63) is 0 Å². The van der Waals surface area contributed by atoms with Gasteiger partial charge >= 0.3 is 51.4 Å². The molecule has 0 aromatic carbocycles. The number of carbonyl (C=O) groups excluding carboxylic acids is 1. The van der Waals surface area contributed by atoms with Gasteiger partial charge in [-0.3, -0.25) is 0 Å². The van der Waals surface area contributed by atoms with Gasteiger partial charge in [0, 0.05) is 0 Å². The van der Waals surface area contributed by atoms with Crippen molar-refractivity contribution in [2.24, 2.45) is 5.92 Å². The first-order chi connectivity index (χ1) is 5.22. The van der Waals surface area contributed by atoms with Crippen molar-refractivity contribution in [3.8, 4) is 0 Å². The van der Waals surface area contributed by atoms with E-state index in [1.54, 1.807) is 0 Å². The first-order valence-electron chi connectivity index (χ1n) is 4.10. The zero-order chi connectivity index (χ0) is 8.27. The Labute approximate surface area is 115 Å². The predicted octanol–water partition coefficient (Wildman–Crippen LogP) is -3.32. The summed E-state index contributed by atoms with van der Waals surface area (Å²) in [5, 5.41) is 19.3. The van der Waals surface area contributed by atoms with Gasteiger partial charge in [-0.05, 0) is 18.8 Å². The van der Waals surface area contributed by atoms with Crippen molar-refractivity contribution in [2.75, 3.05) is 0 Å². The van der Waals surface area contributed by atoms with E-state index in [-0.39, 0.29) is 57.3 Å². The average Bonchev–Trinajstić information content (AvgIpc) is 2.05. The Hall–Kier alpha value is 1.07. The minimum absolute atomic E-state index is 0. The third kappa shape index (κ3) is 3.85. The van der Waals surface area contributed by atoms with Crippen LogP contribution in [0.1, 0.15) is 32.1 Å². The van der Waals surface area contributed by atoms with Gasteiger partial charge in [0.1, 0.15) is 0 Å². The van der Waals surface area contributed by atoms with Crippen LogP contribution in [-0.2, 0) is 4.79 Å². The molecule has 1 fully saturated rings. The van der Waals surface area contributed by atoms with Crippen LogP contribution in [0.5, 0.6) is 0 Å². The van der Waals surface area contributed by atoms with Crippen LogP contribution in [0.4, 0.5) is 0 Å². The largest absolute Gasteiger partial charge is 1.00 e. The first kappa shape index (κ1) is 13.1. The fourth-order valence-corrected chi connectivity index (χ4v) is 1.64. The molecule has 0 spiro atoms. The Kier molecular flexibility index (Phi) is 7.09. The summed E-state index contributed by atoms with van der Waals surface area (Å²) in [7, 11) is 0. The van der Waals surface area contributed by atoms with Crippen LogP contribution in [0, 0.1) is 5.92 Å². The van der Waals surface area contributed by atoms with Crippen molar-refractivity contribution in [2.45, 2.75) is 38.2 Å². The van der Waals surface area contributed by atoms with Crippen LogP contribution in [0.15, 0.2) is 0 Å². The van der Waals surface area contributed by atoms with E-state index in [0.717, 1.165) is 32.1 Å². The molecule has 1 saturated carbocycles. The van der Waals surface area contributed by atoms with Gasteiger partial charge in [0.25, 0.3) is 0 Å². The molecule has 4 heteroatoms. The quantitative estimate of drug-likeness (QED) is 0.470. The molecule has 0 heterocycles. The maximum Gasteiger partial charge on any atom is 1.00 e. The Morgan fingerprint density at radius 1 is 1.33 bits per heavy atom. The van der Waals surface area contributed by atoms with Gasteiger partial charge in [-0.15, -0.1) is 0 Å². The van der Waals surface area contributed by atoms with Crippen LogP contribution in [0.25, 0.3) is 0 Å². The third-order valence-electron chi connectivity index (χ3n) is 2.34. The van der Waals surface area contributed by atoms with E-state index in [1.165, 1.54) is 0 Å². The molecule has 1 rings (SSSR count). The summed E-state index contributed by atoms with van der Waals surface area (Å²) in [6.45, 7) is 0. The molecule has 0 saturated heterocycles. The minimum atomic E-state index is -1.32. The van der Waals surface area contributed by atoms with Crippen molar-refractivity contribution < 1.29 is 66.4 Å². The van der Waals surface area contributed by atoms with Gasteiger partial charge in [-0.2, -0.15) is 0 Å². The van der Waals surface area contributed by atoms with Crippen molar-refractivity contribution in [1.82, 2.24) is 0 Å². The fraction of sp³-hybridized carbons (Fsp3) is 0.875. The van der Waals surface area contributed by atoms with Gasteiger partial charge in [-0.1, -0.05) is 19.3 Å². The molecule has 1 aliphatic carbocycles. The monoisotopic (exact) mass is 196 g/mol. The molecule has 1 N–H and O–H groups in total. The SMILES string of the molecule is O=C([O-])[C@@H](O)C1CCCCC1.[K+]. The van der Waals surface area contributed by atoms with Gasteiger partial charge in [-0.25, -0.2) is 0 Å². The number of aliphatic hydroxyl groups excluding tert-OH is 1. The molecule has 0 aromatic heterocycles. The Morgan fingerprint density at radius 2 is 1.83 bits per heavy atom. The Bertz CT molecular complexity index is 143. The van der Waals surface area contributed by atoms with E-state index in [9.17, 15) is 9.90 Å². The fourth-order valence-electron chi connectivity index (χ4n) is 1.64. The third-order valence-corrected chi connectivity index (χ3v) is 2.34. The number of carbonyl (C=O) groups is 1. The van der Waals surface area contributed by atoms with Crippen molar-refractivity contribution >= 4 is 5.97 Å². The van der Waals surface area contributed by atoms with Gasteiger partial charge in [0.15, 0.2) is 0 Å². The molecule has 1 aliphatic rings. The summed E-state index contributed by atoms with van der Waals surface area (Å²) in [4.78, 5) is 10.2. The topological polar surface area (TPSA) is 60.4 Å². The summed E-state index contributed by atoms with van der Waals surface area (Å²) in [5.41, 5.74) is 0. The molecular formula is C8H13KO3. The molecule has 0 aliphatic heterocycles. The van der Waals surface area contributed by atoms with Gasteiger partial charge in [0.05, 0.1) is 12.1 Å². The zero-order valence-electron chi connectivity index (χ0n) is 7.45. The molecular weight excluding hydrogens is 183 g/mol. The average molecular weight is 196 g/mol. The second-order valence-electron chi connectivity index (χ2n) is 3.16. The molecule has 12 heavy (non-hydrogen) atoms. The van der Waals surface area contributed by atoms with E-state index in [2.05, 4.69) is 0 Å². The van der Waals surface area contributed by atoms with Crippen molar-refractivity contribution in [3.63, 3.8) is 0 Å². The second-order valence-corrected chi connectivity index (χ2v) is 3.16. The molecule has 0 unspecified atom stereocenters. The van der Waals surface area contributed by atoms with E-state index >= 15 is 0 Å². The molecule has 64 valence electrons. The van der Waals surface area contributed by atoms with Crippen molar-refractivity contribution in [1.29, 1.82) is 0 Å². The maximum atomic E-state index is 10.2. The van der Waals surface area contributed by atoms with Crippen LogP contribution in [-0.4, -0.2) is 17.2 Å². The molecule has 0 bridgehead atoms. The van der Waals surface area contributed by atoms with Crippen LogP contribution >= 0.6 is 0 Å². The number of hydrogen-bond donors (Lipinski definition) is 1. The molecule has 0 aromatic rings. The summed E-state index contributed by atoms with van der Waals surface area (Å²) < 4.78 is 0. The molecule has 1 atom stereocenters. The number of aliphatic carboxylic acids is 1. The molecule has 0 amide bonds. The van der Waals surface area contributed by atoms with Crippen LogP contribution < -0.4 is 56.5 Å². The maximum absolute atomic E-state index is 10.2. The molecule has 3 nitrogen and oxygen atoms in total. The number of carboxylic acids is 1. The van der Waals surface area contributed by atoms with Crippen LogP contribution in [0.2, 0.25) is 0 Å². The number of carboxylic acid groups (broad SMARTS) is 1. The number of rotatable bonds is 2. The summed E-state index contributed by atoms with van der Waals surface area (Å²) in [6.07, 6.45) is 3.65. The van der Waals surface area contributed by atoms with Gasteiger partial charge < -0.3 is 15.0 Å². The minimum Gasteiger partial charge on any atom is -0.547 e. The number of hydrogen-bond acceptors (Lipinski definition) is 3. The zero-order valence-corrected chi connectivity index (χ0v) is 10.6. The predicted molar refractivity (Wildman–Crippen MR) is 37.6 cm³/mol. The van der Waals surface area contributed by atoms with E-state index in [4.69, 9.17) is 5.11 Å². The summed E-state index contributed by atoms with van der Waals surface area (Å²) >= 11 is 0. The van der Waals surface area contributed by atoms with E-state index in [1.807, 2.05) is 0 Å².